The average molecular weight is 752 g/mol. The molecule has 0 bridgehead atoms. The second-order valence-corrected chi connectivity index (χ2v) is 19.5. The van der Waals surface area contributed by atoms with Crippen molar-refractivity contribution in [3.05, 3.63) is 33.8 Å². The van der Waals surface area contributed by atoms with Crippen molar-refractivity contribution in [2.24, 2.45) is 56.2 Å². The minimum absolute atomic E-state index is 0.0262. The Morgan fingerprint density at radius 3 is 2.20 bits per heavy atom. The first kappa shape index (κ1) is 39.0. The summed E-state index contributed by atoms with van der Waals surface area (Å²) >= 11 is 0. The first-order chi connectivity index (χ1) is 25.3. The SMILES string of the molecule is CCOC(=O)C1CCN([C@H]2CC[C@@]3(C)[C@@H](CC[C@]4(C)[C@@H]3C(=O)C=C3[C@@H]5C[C@@](C)(C(=O)O)CC[C@]5(C)CC[C@]34C)[C@]2(C)C(=O)OCc2oc(=O)oc2C)CC1. The topological polar surface area (TPSA) is 154 Å². The fourth-order valence-corrected chi connectivity index (χ4v) is 13.4. The van der Waals surface area contributed by atoms with Crippen LogP contribution in [-0.4, -0.2) is 59.4 Å². The number of likely N-dealkylation sites (tertiary alicyclic amines) is 1. The summed E-state index contributed by atoms with van der Waals surface area (Å²) in [6.07, 6.45) is 10.2. The summed E-state index contributed by atoms with van der Waals surface area (Å²) in [4.78, 5) is 69.2. The predicted octanol–water partition coefficient (Wildman–Crippen LogP) is 7.27. The van der Waals surface area contributed by atoms with Gasteiger partial charge in [0.05, 0.1) is 23.4 Å². The van der Waals surface area contributed by atoms with Gasteiger partial charge in [-0.15, -0.1) is 0 Å². The smallest absolute Gasteiger partial charge is 0.481 e. The molecule has 0 spiro atoms. The first-order valence-corrected chi connectivity index (χ1v) is 20.4. The number of hydrogen-bond donors (Lipinski definition) is 1. The van der Waals surface area contributed by atoms with Crippen LogP contribution in [0, 0.1) is 63.1 Å². The number of esters is 2. The van der Waals surface area contributed by atoms with Crippen LogP contribution in [0.2, 0.25) is 0 Å². The van der Waals surface area contributed by atoms with E-state index in [0.29, 0.717) is 51.8 Å². The monoisotopic (exact) mass is 751 g/mol. The highest BCUT2D eigenvalue weighted by molar-refractivity contribution is 5.96. The third-order valence-corrected chi connectivity index (χ3v) is 16.9. The standard InChI is InChI=1S/C43H61NO10/c1-9-51-34(46)26-12-20-44(21-13-26)32-11-14-40(5)31(43(32,8)36(49)52-24-30-25(2)53-37(50)54-30)10-15-42(7)33(40)29(45)22-27-28-23-39(4,35(47)48)17-16-38(28,3)18-19-41(27,42)6/h22,26,28,31-33H,9-21,23-24H2,1-8H3,(H,47,48)/t28-,31+,32-,33+,38+,39-,40-,41+,42+,43-/m0/s1. The lowest BCUT2D eigenvalue weighted by Crippen LogP contribution is -2.70. The van der Waals surface area contributed by atoms with E-state index in [1.165, 1.54) is 0 Å². The van der Waals surface area contributed by atoms with Crippen LogP contribution in [0.1, 0.15) is 131 Å². The minimum atomic E-state index is -1.01. The van der Waals surface area contributed by atoms with Crippen LogP contribution in [0.15, 0.2) is 25.3 Å². The van der Waals surface area contributed by atoms with Crippen LogP contribution in [0.4, 0.5) is 0 Å². The van der Waals surface area contributed by atoms with E-state index in [9.17, 15) is 24.3 Å². The second-order valence-electron chi connectivity index (χ2n) is 19.5. The number of aliphatic carboxylic acids is 1. The Kier molecular flexibility index (Phi) is 9.54. The minimum Gasteiger partial charge on any atom is -0.481 e. The molecule has 6 aliphatic rings. The fourth-order valence-electron chi connectivity index (χ4n) is 13.4. The van der Waals surface area contributed by atoms with Crippen LogP contribution < -0.4 is 5.82 Å². The molecule has 4 saturated carbocycles. The van der Waals surface area contributed by atoms with E-state index >= 15 is 4.79 Å². The number of nitrogens with zero attached hydrogens (tertiary/aromatic N) is 1. The lowest BCUT2D eigenvalue weighted by molar-refractivity contribution is -0.213. The van der Waals surface area contributed by atoms with Gasteiger partial charge < -0.3 is 23.4 Å². The maximum absolute atomic E-state index is 15.0. The molecule has 0 radical (unpaired) electrons. The number of hydrogen-bond acceptors (Lipinski definition) is 10. The molecule has 0 aromatic carbocycles. The Bertz CT molecular complexity index is 1800. The molecule has 5 aliphatic carbocycles. The highest BCUT2D eigenvalue weighted by Gasteiger charge is 2.72. The summed E-state index contributed by atoms with van der Waals surface area (Å²) < 4.78 is 21.7. The van der Waals surface area contributed by atoms with Crippen LogP contribution in [0.3, 0.4) is 0 Å². The number of carbonyl (C=O) groups is 4. The molecule has 10 atom stereocenters. The van der Waals surface area contributed by atoms with Crippen LogP contribution >= 0.6 is 0 Å². The molecule has 1 aromatic heterocycles. The lowest BCUT2D eigenvalue weighted by Gasteiger charge is -2.71. The van der Waals surface area contributed by atoms with Gasteiger partial charge in [-0.05, 0) is 151 Å². The highest BCUT2D eigenvalue weighted by Crippen LogP contribution is 2.75. The van der Waals surface area contributed by atoms with E-state index in [1.54, 1.807) is 6.92 Å². The van der Waals surface area contributed by atoms with Gasteiger partial charge in [0.25, 0.3) is 0 Å². The van der Waals surface area contributed by atoms with Crippen molar-refractivity contribution in [1.82, 2.24) is 4.90 Å². The van der Waals surface area contributed by atoms with E-state index in [4.69, 9.17) is 18.3 Å². The number of aryl methyl sites for hydroxylation is 1. The molecule has 0 unspecified atom stereocenters. The predicted molar refractivity (Wildman–Crippen MR) is 198 cm³/mol. The van der Waals surface area contributed by atoms with Gasteiger partial charge in [-0.1, -0.05) is 33.3 Å². The van der Waals surface area contributed by atoms with Crippen LogP contribution in [-0.2, 0) is 35.3 Å². The molecular weight excluding hydrogens is 690 g/mol. The summed E-state index contributed by atoms with van der Waals surface area (Å²) in [5.74, 6) is -2.24. The molecule has 11 nitrogen and oxygen atoms in total. The number of fused-ring (bicyclic) bond motifs is 7. The molecule has 298 valence electrons. The van der Waals surface area contributed by atoms with Crippen LogP contribution in [0.5, 0.6) is 0 Å². The Hall–Kier alpha value is -3.21. The number of rotatable bonds is 7. The van der Waals surface area contributed by atoms with Gasteiger partial charge in [0.15, 0.2) is 23.9 Å². The Morgan fingerprint density at radius 1 is 0.889 bits per heavy atom. The summed E-state index contributed by atoms with van der Waals surface area (Å²) in [5.41, 5.74) is -1.92. The number of ketones is 1. The van der Waals surface area contributed by atoms with Gasteiger partial charge in [0.2, 0.25) is 0 Å². The van der Waals surface area contributed by atoms with E-state index in [1.807, 2.05) is 26.8 Å². The molecule has 1 N–H and O–H groups in total. The number of allylic oxidation sites excluding steroid dienone is 2. The Morgan fingerprint density at radius 2 is 1.57 bits per heavy atom. The molecular formula is C43H61NO10. The molecule has 1 aromatic rings. The Labute approximate surface area is 318 Å². The maximum Gasteiger partial charge on any atom is 0.519 e. The fraction of sp³-hybridized carbons (Fsp3) is 0.791. The van der Waals surface area contributed by atoms with E-state index in [-0.39, 0.29) is 81.8 Å². The van der Waals surface area contributed by atoms with Crippen molar-refractivity contribution in [1.29, 1.82) is 0 Å². The third kappa shape index (κ3) is 5.62. The number of piperidine rings is 1. The van der Waals surface area contributed by atoms with Crippen molar-refractivity contribution in [2.75, 3.05) is 19.7 Å². The number of carbonyl (C=O) groups excluding carboxylic acids is 3. The third-order valence-electron chi connectivity index (χ3n) is 16.9. The van der Waals surface area contributed by atoms with Gasteiger partial charge in [0.1, 0.15) is 0 Å². The summed E-state index contributed by atoms with van der Waals surface area (Å²) in [7, 11) is 0. The molecule has 1 saturated heterocycles. The number of carboxylic acid groups (broad SMARTS) is 1. The van der Waals surface area contributed by atoms with Gasteiger partial charge in [-0.2, -0.15) is 0 Å². The van der Waals surface area contributed by atoms with E-state index < -0.39 is 28.0 Å². The Balaban J connectivity index is 1.25. The van der Waals surface area contributed by atoms with Crippen molar-refractivity contribution in [3.63, 3.8) is 0 Å². The first-order valence-electron chi connectivity index (χ1n) is 20.4. The number of ether oxygens (including phenoxy) is 2. The maximum atomic E-state index is 15.0. The average Bonchev–Trinajstić information content (AvgIpc) is 3.44. The lowest BCUT2D eigenvalue weighted by atomic mass is 9.33. The van der Waals surface area contributed by atoms with Gasteiger partial charge in [0, 0.05) is 12.0 Å². The summed E-state index contributed by atoms with van der Waals surface area (Å²) in [5, 5.41) is 10.3. The van der Waals surface area contributed by atoms with Gasteiger partial charge in [-0.25, -0.2) is 4.79 Å². The molecule has 7 rings (SSSR count). The van der Waals surface area contributed by atoms with Crippen molar-refractivity contribution in [3.8, 4) is 0 Å². The largest absolute Gasteiger partial charge is 0.519 e. The number of carboxylic acids is 1. The van der Waals surface area contributed by atoms with Gasteiger partial charge in [-0.3, -0.25) is 24.1 Å². The summed E-state index contributed by atoms with van der Waals surface area (Å²) in [6, 6.07) is -0.181. The second kappa shape index (κ2) is 13.2. The zero-order valence-corrected chi connectivity index (χ0v) is 33.6. The van der Waals surface area contributed by atoms with E-state index in [0.717, 1.165) is 44.1 Å². The van der Waals surface area contributed by atoms with E-state index in [2.05, 4.69) is 32.6 Å². The van der Waals surface area contributed by atoms with Crippen molar-refractivity contribution < 1.29 is 42.6 Å². The zero-order valence-electron chi connectivity index (χ0n) is 33.6. The normalized spacial score (nSPS) is 42.4. The van der Waals surface area contributed by atoms with Crippen molar-refractivity contribution >= 4 is 23.7 Å². The quantitative estimate of drug-likeness (QED) is 0.280. The van der Waals surface area contributed by atoms with Gasteiger partial charge >= 0.3 is 23.7 Å². The molecule has 2 heterocycles. The van der Waals surface area contributed by atoms with Crippen molar-refractivity contribution in [2.45, 2.75) is 139 Å². The molecule has 1 aliphatic heterocycles. The highest BCUT2D eigenvalue weighted by atomic mass is 16.6. The summed E-state index contributed by atoms with van der Waals surface area (Å²) in [6.45, 7) is 17.9. The molecule has 11 heteroatoms. The zero-order chi connectivity index (χ0) is 39.2. The molecule has 5 fully saturated rings. The molecule has 54 heavy (non-hydrogen) atoms. The van der Waals surface area contributed by atoms with Crippen LogP contribution in [0.25, 0.3) is 0 Å². The molecule has 0 amide bonds.